The smallest absolute Gasteiger partial charge is 0.255 e. The number of aliphatic hydroxyl groups is 1. The second kappa shape index (κ2) is 6.84. The summed E-state index contributed by atoms with van der Waals surface area (Å²) < 4.78 is 18.5. The van der Waals surface area contributed by atoms with E-state index in [4.69, 9.17) is 4.74 Å². The van der Waals surface area contributed by atoms with Crippen LogP contribution in [0.4, 0.5) is 4.39 Å². The summed E-state index contributed by atoms with van der Waals surface area (Å²) in [7, 11) is 1.44. The predicted molar refractivity (Wildman–Crippen MR) is 84.0 cm³/mol. The third kappa shape index (κ3) is 3.33. The molecule has 1 saturated carbocycles. The van der Waals surface area contributed by atoms with Gasteiger partial charge in [-0.3, -0.25) is 9.69 Å². The number of benzene rings is 1. The SMILES string of the molecule is COc1ccc(F)cc1C(=O)N[C@@H]1CC[C@@H](N2CCCC2)[C@@H]1O. The number of hydrogen-bond acceptors (Lipinski definition) is 4. The number of nitrogens with zero attached hydrogens (tertiary/aromatic N) is 1. The molecule has 1 heterocycles. The van der Waals surface area contributed by atoms with Crippen LogP contribution in [-0.4, -0.2) is 54.3 Å². The molecule has 0 bridgehead atoms. The van der Waals surface area contributed by atoms with Gasteiger partial charge in [-0.2, -0.15) is 0 Å². The number of hydrogen-bond donors (Lipinski definition) is 2. The molecule has 23 heavy (non-hydrogen) atoms. The minimum absolute atomic E-state index is 0.109. The van der Waals surface area contributed by atoms with Crippen LogP contribution in [-0.2, 0) is 0 Å². The molecule has 5 nitrogen and oxygen atoms in total. The molecule has 1 aromatic carbocycles. The van der Waals surface area contributed by atoms with E-state index in [1.807, 2.05) is 0 Å². The highest BCUT2D eigenvalue weighted by Gasteiger charge is 2.39. The first-order valence-corrected chi connectivity index (χ1v) is 8.16. The van der Waals surface area contributed by atoms with Crippen LogP contribution >= 0.6 is 0 Å². The molecule has 0 spiro atoms. The molecule has 2 fully saturated rings. The van der Waals surface area contributed by atoms with Crippen molar-refractivity contribution in [2.75, 3.05) is 20.2 Å². The number of rotatable bonds is 4. The van der Waals surface area contributed by atoms with E-state index in [-0.39, 0.29) is 17.6 Å². The molecule has 0 radical (unpaired) electrons. The Bertz CT molecular complexity index is 575. The van der Waals surface area contributed by atoms with Crippen LogP contribution in [0.2, 0.25) is 0 Å². The van der Waals surface area contributed by atoms with Crippen LogP contribution in [0, 0.1) is 5.82 Å². The van der Waals surface area contributed by atoms with Gasteiger partial charge in [-0.25, -0.2) is 4.39 Å². The van der Waals surface area contributed by atoms with E-state index in [1.54, 1.807) is 0 Å². The quantitative estimate of drug-likeness (QED) is 0.883. The molecule has 1 saturated heterocycles. The van der Waals surface area contributed by atoms with Gasteiger partial charge >= 0.3 is 0 Å². The number of ether oxygens (including phenoxy) is 1. The van der Waals surface area contributed by atoms with Gasteiger partial charge in [-0.1, -0.05) is 0 Å². The van der Waals surface area contributed by atoms with Crippen LogP contribution in [0.5, 0.6) is 5.75 Å². The Morgan fingerprint density at radius 3 is 2.78 bits per heavy atom. The zero-order valence-corrected chi connectivity index (χ0v) is 13.3. The van der Waals surface area contributed by atoms with Gasteiger partial charge in [-0.05, 0) is 57.0 Å². The molecular formula is C17H23FN2O3. The first-order valence-electron chi connectivity index (χ1n) is 8.16. The van der Waals surface area contributed by atoms with E-state index in [0.717, 1.165) is 32.0 Å². The Kier molecular flexibility index (Phi) is 4.82. The number of halogens is 1. The van der Waals surface area contributed by atoms with Crippen molar-refractivity contribution in [2.45, 2.75) is 43.9 Å². The Hall–Kier alpha value is -1.66. The van der Waals surface area contributed by atoms with Crippen molar-refractivity contribution in [3.8, 4) is 5.75 Å². The van der Waals surface area contributed by atoms with Gasteiger partial charge in [0.2, 0.25) is 0 Å². The molecule has 126 valence electrons. The zero-order valence-electron chi connectivity index (χ0n) is 13.3. The number of methoxy groups -OCH3 is 1. The summed E-state index contributed by atoms with van der Waals surface area (Å²) in [6.07, 6.45) is 3.34. The number of aliphatic hydroxyl groups excluding tert-OH is 1. The van der Waals surface area contributed by atoms with Crippen molar-refractivity contribution in [3.63, 3.8) is 0 Å². The van der Waals surface area contributed by atoms with Gasteiger partial charge in [0.15, 0.2) is 0 Å². The summed E-state index contributed by atoms with van der Waals surface area (Å²) in [4.78, 5) is 14.7. The number of likely N-dealkylation sites (tertiary alicyclic amines) is 1. The average molecular weight is 322 g/mol. The lowest BCUT2D eigenvalue weighted by atomic mass is 10.1. The summed E-state index contributed by atoms with van der Waals surface area (Å²) in [5.41, 5.74) is 0.157. The van der Waals surface area contributed by atoms with Crippen LogP contribution < -0.4 is 10.1 Å². The maximum atomic E-state index is 13.4. The Morgan fingerprint density at radius 1 is 1.35 bits per heavy atom. The Morgan fingerprint density at radius 2 is 2.09 bits per heavy atom. The van der Waals surface area contributed by atoms with E-state index >= 15 is 0 Å². The van der Waals surface area contributed by atoms with Crippen molar-refractivity contribution in [1.29, 1.82) is 0 Å². The van der Waals surface area contributed by atoms with Crippen molar-refractivity contribution in [3.05, 3.63) is 29.6 Å². The minimum atomic E-state index is -0.586. The van der Waals surface area contributed by atoms with E-state index in [1.165, 1.54) is 32.1 Å². The van der Waals surface area contributed by atoms with Crippen LogP contribution in [0.15, 0.2) is 18.2 Å². The lowest BCUT2D eigenvalue weighted by Gasteiger charge is -2.28. The maximum absolute atomic E-state index is 13.4. The molecule has 1 amide bonds. The topological polar surface area (TPSA) is 61.8 Å². The van der Waals surface area contributed by atoms with Gasteiger partial charge in [0.1, 0.15) is 11.6 Å². The number of amides is 1. The van der Waals surface area contributed by atoms with Gasteiger partial charge in [-0.15, -0.1) is 0 Å². The normalized spacial score (nSPS) is 28.0. The molecule has 0 aromatic heterocycles. The number of carbonyl (C=O) groups excluding carboxylic acids is 1. The highest BCUT2D eigenvalue weighted by molar-refractivity contribution is 5.97. The summed E-state index contributed by atoms with van der Waals surface area (Å²) >= 11 is 0. The molecule has 3 rings (SSSR count). The van der Waals surface area contributed by atoms with Crippen molar-refractivity contribution >= 4 is 5.91 Å². The lowest BCUT2D eigenvalue weighted by Crippen LogP contribution is -2.47. The Balaban J connectivity index is 1.67. The van der Waals surface area contributed by atoms with Crippen LogP contribution in [0.1, 0.15) is 36.0 Å². The van der Waals surface area contributed by atoms with E-state index in [0.29, 0.717) is 5.75 Å². The Labute approximate surface area is 135 Å². The standard InChI is InChI=1S/C17H23FN2O3/c1-23-15-7-4-11(18)10-12(15)17(22)19-13-5-6-14(16(13)21)20-8-2-3-9-20/h4,7,10,13-14,16,21H,2-3,5-6,8-9H2,1H3,(H,19,22)/t13-,14-,16-/m1/s1. The third-order valence-corrected chi connectivity index (χ3v) is 4.91. The van der Waals surface area contributed by atoms with Gasteiger partial charge in [0.05, 0.1) is 24.8 Å². The largest absolute Gasteiger partial charge is 0.496 e. The molecule has 2 N–H and O–H groups in total. The summed E-state index contributed by atoms with van der Waals surface area (Å²) in [6, 6.07) is 3.65. The molecule has 1 aromatic rings. The van der Waals surface area contributed by atoms with Crippen LogP contribution in [0.3, 0.4) is 0 Å². The van der Waals surface area contributed by atoms with Crippen molar-refractivity contribution < 1.29 is 19.0 Å². The minimum Gasteiger partial charge on any atom is -0.496 e. The fourth-order valence-electron chi connectivity index (χ4n) is 3.69. The zero-order chi connectivity index (χ0) is 16.4. The first kappa shape index (κ1) is 16.2. The first-order chi connectivity index (χ1) is 11.1. The lowest BCUT2D eigenvalue weighted by molar-refractivity contribution is 0.0618. The van der Waals surface area contributed by atoms with Crippen LogP contribution in [0.25, 0.3) is 0 Å². The monoisotopic (exact) mass is 322 g/mol. The fourth-order valence-corrected chi connectivity index (χ4v) is 3.69. The predicted octanol–water partition coefficient (Wildman–Crippen LogP) is 1.55. The van der Waals surface area contributed by atoms with E-state index < -0.39 is 17.8 Å². The van der Waals surface area contributed by atoms with Crippen molar-refractivity contribution in [2.24, 2.45) is 0 Å². The van der Waals surface area contributed by atoms with E-state index in [9.17, 15) is 14.3 Å². The second-order valence-electron chi connectivity index (χ2n) is 6.30. The van der Waals surface area contributed by atoms with Gasteiger partial charge < -0.3 is 15.2 Å². The highest BCUT2D eigenvalue weighted by atomic mass is 19.1. The summed E-state index contributed by atoms with van der Waals surface area (Å²) in [5.74, 6) is -0.571. The van der Waals surface area contributed by atoms with Crippen molar-refractivity contribution in [1.82, 2.24) is 10.2 Å². The van der Waals surface area contributed by atoms with Gasteiger partial charge in [0.25, 0.3) is 5.91 Å². The van der Waals surface area contributed by atoms with Gasteiger partial charge in [0, 0.05) is 6.04 Å². The third-order valence-electron chi connectivity index (χ3n) is 4.91. The molecule has 1 aliphatic carbocycles. The summed E-state index contributed by atoms with van der Waals surface area (Å²) in [6.45, 7) is 2.03. The molecule has 3 atom stereocenters. The molecule has 2 aliphatic rings. The second-order valence-corrected chi connectivity index (χ2v) is 6.30. The molecule has 0 unspecified atom stereocenters. The number of carbonyl (C=O) groups is 1. The average Bonchev–Trinajstić information content (AvgIpc) is 3.18. The molecule has 1 aliphatic heterocycles. The van der Waals surface area contributed by atoms with E-state index in [2.05, 4.69) is 10.2 Å². The number of nitrogens with one attached hydrogen (secondary N) is 1. The fraction of sp³-hybridized carbons (Fsp3) is 0.588. The highest BCUT2D eigenvalue weighted by Crippen LogP contribution is 2.28. The molecule has 6 heteroatoms. The molecular weight excluding hydrogens is 299 g/mol. The maximum Gasteiger partial charge on any atom is 0.255 e. The summed E-state index contributed by atoms with van der Waals surface area (Å²) in [5, 5.41) is 13.4.